The van der Waals surface area contributed by atoms with Crippen LogP contribution in [0.25, 0.3) is 6.08 Å². The Balaban J connectivity index is 1.44. The molecule has 0 unspecified atom stereocenters. The van der Waals surface area contributed by atoms with Crippen LogP contribution in [0, 0.1) is 5.92 Å². The van der Waals surface area contributed by atoms with Gasteiger partial charge in [0, 0.05) is 18.5 Å². The van der Waals surface area contributed by atoms with Gasteiger partial charge in [-0.1, -0.05) is 36.4 Å². The molecule has 0 aliphatic heterocycles. The lowest BCUT2D eigenvalue weighted by molar-refractivity contribution is -0.114. The number of carbonyl (C=O) groups excluding carboxylic acids is 1. The Hall–Kier alpha value is -2.43. The molecule has 2 aromatic rings. The zero-order valence-electron chi connectivity index (χ0n) is 17.8. The molecule has 0 aromatic heterocycles. The van der Waals surface area contributed by atoms with Gasteiger partial charge in [0.1, 0.15) is 5.75 Å². The van der Waals surface area contributed by atoms with Gasteiger partial charge in [-0.2, -0.15) is 0 Å². The fourth-order valence-electron chi connectivity index (χ4n) is 4.40. The van der Waals surface area contributed by atoms with Crippen molar-refractivity contribution in [1.82, 2.24) is 5.32 Å². The first-order valence-corrected chi connectivity index (χ1v) is 11.0. The third-order valence-corrected chi connectivity index (χ3v) is 6.18. The van der Waals surface area contributed by atoms with E-state index in [1.165, 1.54) is 36.8 Å². The molecule has 0 spiro atoms. The molecule has 4 heteroatoms. The molecule has 1 aliphatic carbocycles. The molecule has 3 rings (SSSR count). The molecule has 0 saturated heterocycles. The highest BCUT2D eigenvalue weighted by atomic mass is 16.3. The van der Waals surface area contributed by atoms with Gasteiger partial charge < -0.3 is 15.5 Å². The fourth-order valence-corrected chi connectivity index (χ4v) is 4.40. The van der Waals surface area contributed by atoms with Gasteiger partial charge in [-0.25, -0.2) is 0 Å². The smallest absolute Gasteiger partial charge is 0.155 e. The number of aliphatic hydroxyl groups is 1. The van der Waals surface area contributed by atoms with Gasteiger partial charge in [-0.15, -0.1) is 0 Å². The van der Waals surface area contributed by atoms with Gasteiger partial charge in [0.25, 0.3) is 0 Å². The van der Waals surface area contributed by atoms with Crippen molar-refractivity contribution < 1.29 is 15.0 Å². The van der Waals surface area contributed by atoms with E-state index in [1.807, 2.05) is 7.05 Å². The molecular weight excluding hydrogens is 374 g/mol. The standard InChI is InChI=1S/C26H33NO3/c1-27-17-21-3-2-4-23(16-21)22-10-5-19(6-11-22)7-12-25(29)13-8-20-9-14-26(30)24(15-20)18-28/h2-4,8-9,13-16,19,22,27-28,30H,5-7,10-12,17-18H2,1H3. The second kappa shape index (κ2) is 11.1. The predicted octanol–water partition coefficient (Wildman–Crippen LogP) is 4.94. The maximum absolute atomic E-state index is 12.3. The molecule has 0 radical (unpaired) electrons. The number of hydrogen-bond donors (Lipinski definition) is 3. The molecule has 1 fully saturated rings. The van der Waals surface area contributed by atoms with E-state index in [2.05, 4.69) is 29.6 Å². The molecule has 0 atom stereocenters. The summed E-state index contributed by atoms with van der Waals surface area (Å²) in [7, 11) is 1.98. The second-order valence-electron chi connectivity index (χ2n) is 8.38. The van der Waals surface area contributed by atoms with Gasteiger partial charge in [0.05, 0.1) is 6.61 Å². The molecule has 30 heavy (non-hydrogen) atoms. The van der Waals surface area contributed by atoms with Crippen LogP contribution in [0.15, 0.2) is 48.5 Å². The topological polar surface area (TPSA) is 69.6 Å². The van der Waals surface area contributed by atoms with E-state index < -0.39 is 0 Å². The zero-order chi connectivity index (χ0) is 21.3. The summed E-state index contributed by atoms with van der Waals surface area (Å²) < 4.78 is 0. The Bertz CT molecular complexity index is 866. The third kappa shape index (κ3) is 6.28. The first kappa shape index (κ1) is 22.3. The van der Waals surface area contributed by atoms with Gasteiger partial charge in [-0.05, 0) is 85.9 Å². The van der Waals surface area contributed by atoms with E-state index in [4.69, 9.17) is 0 Å². The Morgan fingerprint density at radius 2 is 1.93 bits per heavy atom. The van der Waals surface area contributed by atoms with Crippen molar-refractivity contribution in [1.29, 1.82) is 0 Å². The highest BCUT2D eigenvalue weighted by Gasteiger charge is 2.22. The minimum Gasteiger partial charge on any atom is -0.508 e. The van der Waals surface area contributed by atoms with Gasteiger partial charge in [-0.3, -0.25) is 4.79 Å². The summed E-state index contributed by atoms with van der Waals surface area (Å²) in [4.78, 5) is 12.3. The Morgan fingerprint density at radius 3 is 2.67 bits per heavy atom. The van der Waals surface area contributed by atoms with Crippen molar-refractivity contribution in [3.63, 3.8) is 0 Å². The minimum absolute atomic E-state index is 0.0744. The van der Waals surface area contributed by atoms with Crippen LogP contribution in [0.4, 0.5) is 0 Å². The highest BCUT2D eigenvalue weighted by molar-refractivity contribution is 5.93. The van der Waals surface area contributed by atoms with Crippen LogP contribution in [-0.2, 0) is 17.9 Å². The number of ketones is 1. The van der Waals surface area contributed by atoms with Crippen molar-refractivity contribution in [3.05, 3.63) is 70.8 Å². The number of carbonyl (C=O) groups is 1. The summed E-state index contributed by atoms with van der Waals surface area (Å²) >= 11 is 0. The molecule has 160 valence electrons. The predicted molar refractivity (Wildman–Crippen MR) is 121 cm³/mol. The van der Waals surface area contributed by atoms with Gasteiger partial charge >= 0.3 is 0 Å². The number of rotatable bonds is 9. The van der Waals surface area contributed by atoms with Crippen molar-refractivity contribution in [2.45, 2.75) is 57.6 Å². The number of aliphatic hydroxyl groups excluding tert-OH is 1. The number of benzene rings is 2. The van der Waals surface area contributed by atoms with Gasteiger partial charge in [0.2, 0.25) is 0 Å². The maximum atomic E-state index is 12.3. The average molecular weight is 408 g/mol. The molecule has 1 saturated carbocycles. The lowest BCUT2D eigenvalue weighted by atomic mass is 9.77. The molecule has 1 aliphatic rings. The fraction of sp³-hybridized carbons (Fsp3) is 0.423. The summed E-state index contributed by atoms with van der Waals surface area (Å²) in [5.74, 6) is 1.48. The number of nitrogens with one attached hydrogen (secondary N) is 1. The largest absolute Gasteiger partial charge is 0.508 e. The van der Waals surface area contributed by atoms with Crippen LogP contribution in [-0.4, -0.2) is 23.0 Å². The van der Waals surface area contributed by atoms with Crippen LogP contribution in [0.1, 0.15) is 66.7 Å². The van der Waals surface area contributed by atoms with Crippen molar-refractivity contribution in [2.75, 3.05) is 7.05 Å². The second-order valence-corrected chi connectivity index (χ2v) is 8.38. The summed E-state index contributed by atoms with van der Waals surface area (Å²) in [6.07, 6.45) is 9.69. The van der Waals surface area contributed by atoms with Gasteiger partial charge in [0.15, 0.2) is 5.78 Å². The lowest BCUT2D eigenvalue weighted by Gasteiger charge is -2.29. The third-order valence-electron chi connectivity index (χ3n) is 6.18. The van der Waals surface area contributed by atoms with E-state index in [0.717, 1.165) is 18.5 Å². The van der Waals surface area contributed by atoms with Crippen molar-refractivity contribution in [3.8, 4) is 5.75 Å². The van der Waals surface area contributed by atoms with Crippen LogP contribution in [0.2, 0.25) is 0 Å². The summed E-state index contributed by atoms with van der Waals surface area (Å²) in [6.45, 7) is 0.689. The van der Waals surface area contributed by atoms with E-state index >= 15 is 0 Å². The number of phenols is 1. The minimum atomic E-state index is -0.218. The van der Waals surface area contributed by atoms with E-state index in [9.17, 15) is 15.0 Å². The van der Waals surface area contributed by atoms with E-state index in [0.29, 0.717) is 23.8 Å². The SMILES string of the molecule is CNCc1cccc(C2CCC(CCC(=O)C=Cc3ccc(O)c(CO)c3)CC2)c1. The van der Waals surface area contributed by atoms with E-state index in [-0.39, 0.29) is 18.1 Å². The summed E-state index contributed by atoms with van der Waals surface area (Å²) in [6, 6.07) is 13.9. The lowest BCUT2D eigenvalue weighted by Crippen LogP contribution is -2.15. The molecule has 0 bridgehead atoms. The monoisotopic (exact) mass is 407 g/mol. The zero-order valence-corrected chi connectivity index (χ0v) is 17.8. The normalized spacial score (nSPS) is 19.3. The first-order valence-electron chi connectivity index (χ1n) is 11.0. The quantitative estimate of drug-likeness (QED) is 0.515. The Kier molecular flexibility index (Phi) is 8.23. The summed E-state index contributed by atoms with van der Waals surface area (Å²) in [5, 5.41) is 22.1. The van der Waals surface area contributed by atoms with Crippen LogP contribution in [0.3, 0.4) is 0 Å². The number of allylic oxidation sites excluding steroid dienone is 1. The molecule has 0 amide bonds. The molecule has 2 aromatic carbocycles. The number of hydrogen-bond acceptors (Lipinski definition) is 4. The van der Waals surface area contributed by atoms with Crippen molar-refractivity contribution in [2.24, 2.45) is 5.92 Å². The highest BCUT2D eigenvalue weighted by Crippen LogP contribution is 2.37. The molecule has 4 nitrogen and oxygen atoms in total. The molecular formula is C26H33NO3. The average Bonchev–Trinajstić information content (AvgIpc) is 2.78. The maximum Gasteiger partial charge on any atom is 0.155 e. The molecule has 0 heterocycles. The van der Waals surface area contributed by atoms with Crippen LogP contribution < -0.4 is 5.32 Å². The molecule has 3 N–H and O–H groups in total. The van der Waals surface area contributed by atoms with Crippen molar-refractivity contribution >= 4 is 11.9 Å². The van der Waals surface area contributed by atoms with Crippen LogP contribution >= 0.6 is 0 Å². The van der Waals surface area contributed by atoms with Crippen LogP contribution in [0.5, 0.6) is 5.75 Å². The Labute approximate surface area is 179 Å². The first-order chi connectivity index (χ1) is 14.6. The van der Waals surface area contributed by atoms with E-state index in [1.54, 1.807) is 30.4 Å². The summed E-state index contributed by atoms with van der Waals surface area (Å²) in [5.41, 5.74) is 4.08. The number of aromatic hydroxyl groups is 1. The Morgan fingerprint density at radius 1 is 1.13 bits per heavy atom.